The Kier molecular flexibility index (Phi) is 4.03. The lowest BCUT2D eigenvalue weighted by molar-refractivity contribution is 0.100. The van der Waals surface area contributed by atoms with Crippen LogP contribution in [0, 0.1) is 6.92 Å². The van der Waals surface area contributed by atoms with Gasteiger partial charge >= 0.3 is 0 Å². The van der Waals surface area contributed by atoms with Gasteiger partial charge in [-0.15, -0.1) is 11.3 Å². The number of carbonyl (C=O) groups is 1. The number of sulfonamides is 1. The summed E-state index contributed by atoms with van der Waals surface area (Å²) < 4.78 is 26.9. The molecule has 3 N–H and O–H groups in total. The van der Waals surface area contributed by atoms with E-state index in [2.05, 4.69) is 4.72 Å². The van der Waals surface area contributed by atoms with Crippen molar-refractivity contribution >= 4 is 44.6 Å². The van der Waals surface area contributed by atoms with Gasteiger partial charge in [0, 0.05) is 9.90 Å². The summed E-state index contributed by atoms with van der Waals surface area (Å²) in [5, 5.41) is 0.300. The standard InChI is InChI=1S/C12H11ClN2O3S2/c1-7-2-5-11(19-7)20(17,18)15-10-4-3-8(13)6-9(10)12(14)16/h2-6,15H,1H3,(H2,14,16). The molecule has 0 saturated carbocycles. The van der Waals surface area contributed by atoms with E-state index < -0.39 is 15.9 Å². The van der Waals surface area contributed by atoms with Gasteiger partial charge in [0.25, 0.3) is 15.9 Å². The second kappa shape index (κ2) is 5.43. The van der Waals surface area contributed by atoms with Crippen LogP contribution in [0.25, 0.3) is 0 Å². The molecule has 0 bridgehead atoms. The third-order valence-corrected chi connectivity index (χ3v) is 5.57. The van der Waals surface area contributed by atoms with E-state index in [0.717, 1.165) is 16.2 Å². The number of anilines is 1. The number of thiophene rings is 1. The summed E-state index contributed by atoms with van der Waals surface area (Å²) in [6.07, 6.45) is 0. The number of amides is 1. The van der Waals surface area contributed by atoms with Gasteiger partial charge in [0.1, 0.15) is 4.21 Å². The summed E-state index contributed by atoms with van der Waals surface area (Å²) in [7, 11) is -3.74. The van der Waals surface area contributed by atoms with Crippen LogP contribution >= 0.6 is 22.9 Å². The van der Waals surface area contributed by atoms with Crippen LogP contribution in [0.5, 0.6) is 0 Å². The van der Waals surface area contributed by atoms with E-state index in [-0.39, 0.29) is 15.5 Å². The largest absolute Gasteiger partial charge is 0.366 e. The molecule has 1 aromatic heterocycles. The average molecular weight is 331 g/mol. The molecule has 0 radical (unpaired) electrons. The summed E-state index contributed by atoms with van der Waals surface area (Å²) in [5.74, 6) is -0.757. The van der Waals surface area contributed by atoms with Crippen LogP contribution in [0.4, 0.5) is 5.69 Å². The molecule has 1 heterocycles. The number of primary amides is 1. The topological polar surface area (TPSA) is 89.3 Å². The molecule has 0 spiro atoms. The zero-order valence-electron chi connectivity index (χ0n) is 10.4. The number of rotatable bonds is 4. The Bertz CT molecular complexity index is 769. The van der Waals surface area contributed by atoms with E-state index in [1.165, 1.54) is 24.3 Å². The van der Waals surface area contributed by atoms with Gasteiger partial charge in [-0.25, -0.2) is 8.42 Å². The molecule has 1 aromatic carbocycles. The number of aryl methyl sites for hydroxylation is 1. The molecule has 0 unspecified atom stereocenters. The van der Waals surface area contributed by atoms with E-state index in [4.69, 9.17) is 17.3 Å². The fourth-order valence-corrected chi connectivity index (χ4v) is 4.10. The van der Waals surface area contributed by atoms with Crippen LogP contribution in [-0.4, -0.2) is 14.3 Å². The van der Waals surface area contributed by atoms with Gasteiger partial charge in [-0.1, -0.05) is 11.6 Å². The van der Waals surface area contributed by atoms with Crippen LogP contribution in [0.1, 0.15) is 15.2 Å². The smallest absolute Gasteiger partial charge is 0.271 e. The molecule has 2 aromatic rings. The Hall–Kier alpha value is -1.57. The van der Waals surface area contributed by atoms with Crippen LogP contribution in [0.2, 0.25) is 5.02 Å². The van der Waals surface area contributed by atoms with Crippen LogP contribution in [0.3, 0.4) is 0 Å². The van der Waals surface area contributed by atoms with Crippen molar-refractivity contribution in [2.75, 3.05) is 4.72 Å². The molecular weight excluding hydrogens is 320 g/mol. The number of hydrogen-bond acceptors (Lipinski definition) is 4. The molecule has 8 heteroatoms. The predicted molar refractivity (Wildman–Crippen MR) is 79.8 cm³/mol. The third-order valence-electron chi connectivity index (χ3n) is 2.47. The van der Waals surface area contributed by atoms with Crippen LogP contribution < -0.4 is 10.5 Å². The summed E-state index contributed by atoms with van der Waals surface area (Å²) in [6, 6.07) is 7.41. The van der Waals surface area contributed by atoms with E-state index in [0.29, 0.717) is 5.02 Å². The molecule has 0 aliphatic heterocycles. The Morgan fingerprint density at radius 3 is 2.55 bits per heavy atom. The highest BCUT2D eigenvalue weighted by atomic mass is 35.5. The van der Waals surface area contributed by atoms with Gasteiger partial charge in [-0.2, -0.15) is 0 Å². The normalized spacial score (nSPS) is 11.3. The van der Waals surface area contributed by atoms with Crippen molar-refractivity contribution in [1.29, 1.82) is 0 Å². The number of benzene rings is 1. The van der Waals surface area contributed by atoms with Gasteiger partial charge in [0.2, 0.25) is 0 Å². The molecule has 106 valence electrons. The van der Waals surface area contributed by atoms with E-state index in [1.54, 1.807) is 13.0 Å². The van der Waals surface area contributed by atoms with Crippen molar-refractivity contribution in [3.8, 4) is 0 Å². The van der Waals surface area contributed by atoms with Crippen LogP contribution in [-0.2, 0) is 10.0 Å². The first-order valence-electron chi connectivity index (χ1n) is 5.48. The molecule has 0 atom stereocenters. The Balaban J connectivity index is 2.42. The lowest BCUT2D eigenvalue weighted by atomic mass is 10.2. The summed E-state index contributed by atoms with van der Waals surface area (Å²) in [4.78, 5) is 12.2. The Labute approximate surface area is 125 Å². The minimum absolute atomic E-state index is 0.0225. The Morgan fingerprint density at radius 2 is 2.00 bits per heavy atom. The first kappa shape index (κ1) is 14.8. The lowest BCUT2D eigenvalue weighted by Crippen LogP contribution is -2.18. The number of halogens is 1. The maximum atomic E-state index is 12.2. The second-order valence-corrected chi connectivity index (χ2v) is 7.66. The van der Waals surface area contributed by atoms with Gasteiger partial charge in [-0.05, 0) is 37.3 Å². The molecular formula is C12H11ClN2O3S2. The average Bonchev–Trinajstić information content (AvgIpc) is 2.78. The zero-order chi connectivity index (χ0) is 14.9. The minimum atomic E-state index is -3.74. The van der Waals surface area contributed by atoms with E-state index in [1.807, 2.05) is 0 Å². The molecule has 1 amide bonds. The fourth-order valence-electron chi connectivity index (χ4n) is 1.56. The quantitative estimate of drug-likeness (QED) is 0.903. The summed E-state index contributed by atoms with van der Waals surface area (Å²) >= 11 is 6.91. The predicted octanol–water partition coefficient (Wildman–Crippen LogP) is 2.61. The Morgan fingerprint density at radius 1 is 1.30 bits per heavy atom. The highest BCUT2D eigenvalue weighted by Gasteiger charge is 2.19. The van der Waals surface area contributed by atoms with Gasteiger partial charge < -0.3 is 5.73 Å². The molecule has 0 saturated heterocycles. The van der Waals surface area contributed by atoms with Crippen molar-refractivity contribution in [3.63, 3.8) is 0 Å². The maximum Gasteiger partial charge on any atom is 0.271 e. The highest BCUT2D eigenvalue weighted by molar-refractivity contribution is 7.94. The molecule has 5 nitrogen and oxygen atoms in total. The third kappa shape index (κ3) is 3.12. The monoisotopic (exact) mass is 330 g/mol. The van der Waals surface area contributed by atoms with Crippen molar-refractivity contribution in [1.82, 2.24) is 0 Å². The van der Waals surface area contributed by atoms with Crippen molar-refractivity contribution in [2.24, 2.45) is 5.73 Å². The first-order valence-corrected chi connectivity index (χ1v) is 8.16. The molecule has 0 aliphatic rings. The number of carbonyl (C=O) groups excluding carboxylic acids is 1. The van der Waals surface area contributed by atoms with Crippen molar-refractivity contribution in [3.05, 3.63) is 45.8 Å². The molecule has 2 rings (SSSR count). The van der Waals surface area contributed by atoms with Gasteiger partial charge in [0.05, 0.1) is 11.3 Å². The lowest BCUT2D eigenvalue weighted by Gasteiger charge is -2.10. The van der Waals surface area contributed by atoms with E-state index in [9.17, 15) is 13.2 Å². The summed E-state index contributed by atoms with van der Waals surface area (Å²) in [6.45, 7) is 1.81. The number of hydrogen-bond donors (Lipinski definition) is 2. The van der Waals surface area contributed by atoms with Gasteiger partial charge in [-0.3, -0.25) is 9.52 Å². The number of nitrogens with two attached hydrogens (primary N) is 1. The summed E-state index contributed by atoms with van der Waals surface area (Å²) in [5.41, 5.74) is 5.34. The zero-order valence-corrected chi connectivity index (χ0v) is 12.8. The van der Waals surface area contributed by atoms with Gasteiger partial charge in [0.15, 0.2) is 0 Å². The van der Waals surface area contributed by atoms with E-state index >= 15 is 0 Å². The molecule has 20 heavy (non-hydrogen) atoms. The highest BCUT2D eigenvalue weighted by Crippen LogP contribution is 2.26. The number of nitrogens with one attached hydrogen (secondary N) is 1. The van der Waals surface area contributed by atoms with Crippen LogP contribution in [0.15, 0.2) is 34.5 Å². The molecule has 0 aliphatic carbocycles. The maximum absolute atomic E-state index is 12.2. The minimum Gasteiger partial charge on any atom is -0.366 e. The molecule has 0 fully saturated rings. The second-order valence-electron chi connectivity index (χ2n) is 4.02. The van der Waals surface area contributed by atoms with Crippen molar-refractivity contribution in [2.45, 2.75) is 11.1 Å². The fraction of sp³-hybridized carbons (Fsp3) is 0.0833. The van der Waals surface area contributed by atoms with Crippen molar-refractivity contribution < 1.29 is 13.2 Å². The first-order chi connectivity index (χ1) is 9.29. The SMILES string of the molecule is Cc1ccc(S(=O)(=O)Nc2ccc(Cl)cc2C(N)=O)s1.